The molecule has 0 spiro atoms. The summed E-state index contributed by atoms with van der Waals surface area (Å²) in [5.74, 6) is 0.000570. The number of benzene rings is 1. The lowest BCUT2D eigenvalue weighted by atomic mass is 10.2. The number of hydrogen-bond donors (Lipinski definition) is 1. The molecular formula is C18H18N6O5S. The molecule has 3 rings (SSSR count). The first-order valence-electron chi connectivity index (χ1n) is 8.83. The molecule has 0 atom stereocenters. The molecule has 0 fully saturated rings. The van der Waals surface area contributed by atoms with Crippen molar-refractivity contribution in [3.05, 3.63) is 63.3 Å². The summed E-state index contributed by atoms with van der Waals surface area (Å²) in [5, 5.41) is 20.9. The van der Waals surface area contributed by atoms with Gasteiger partial charge in [0, 0.05) is 5.38 Å². The topological polar surface area (TPSA) is 134 Å². The number of thiazole rings is 1. The molecule has 0 aliphatic rings. The summed E-state index contributed by atoms with van der Waals surface area (Å²) in [5.41, 5.74) is 4.20. The van der Waals surface area contributed by atoms with Gasteiger partial charge in [-0.3, -0.25) is 10.2 Å². The van der Waals surface area contributed by atoms with Crippen LogP contribution in [0.3, 0.4) is 0 Å². The molecule has 0 bridgehead atoms. The quantitative estimate of drug-likeness (QED) is 0.225. The third-order valence-electron chi connectivity index (χ3n) is 3.59. The third-order valence-corrected chi connectivity index (χ3v) is 4.39. The van der Waals surface area contributed by atoms with E-state index in [0.717, 1.165) is 5.56 Å². The molecule has 0 aliphatic carbocycles. The second-order valence-electron chi connectivity index (χ2n) is 5.81. The fourth-order valence-electron chi connectivity index (χ4n) is 2.31. The van der Waals surface area contributed by atoms with Crippen LogP contribution in [0.5, 0.6) is 5.75 Å². The largest absolute Gasteiger partial charge is 0.469 e. The highest BCUT2D eigenvalue weighted by Crippen LogP contribution is 2.17. The smallest absolute Gasteiger partial charge is 0.390 e. The van der Waals surface area contributed by atoms with Crippen molar-refractivity contribution in [1.29, 1.82) is 0 Å². The van der Waals surface area contributed by atoms with Gasteiger partial charge in [-0.05, 0) is 29.5 Å². The lowest BCUT2D eigenvalue weighted by Crippen LogP contribution is -2.07. The molecule has 0 radical (unpaired) electrons. The Labute approximate surface area is 175 Å². The summed E-state index contributed by atoms with van der Waals surface area (Å²) in [6, 6.07) is 8.45. The highest BCUT2D eigenvalue weighted by Gasteiger charge is 2.11. The molecule has 0 saturated carbocycles. The molecule has 2 aromatic heterocycles. The third kappa shape index (κ3) is 6.10. The predicted molar refractivity (Wildman–Crippen MR) is 110 cm³/mol. The first kappa shape index (κ1) is 20.9. The van der Waals surface area contributed by atoms with Gasteiger partial charge < -0.3 is 19.6 Å². The number of nitrogens with zero attached hydrogens (tertiary/aromatic N) is 5. The van der Waals surface area contributed by atoms with Crippen molar-refractivity contribution in [1.82, 2.24) is 14.8 Å². The van der Waals surface area contributed by atoms with E-state index >= 15 is 0 Å². The van der Waals surface area contributed by atoms with E-state index in [2.05, 4.69) is 20.6 Å². The van der Waals surface area contributed by atoms with E-state index in [-0.39, 0.29) is 24.9 Å². The summed E-state index contributed by atoms with van der Waals surface area (Å²) < 4.78 is 11.8. The highest BCUT2D eigenvalue weighted by atomic mass is 32.1. The minimum Gasteiger partial charge on any atom is -0.469 e. The Bertz CT molecular complexity index is 1050. The van der Waals surface area contributed by atoms with Crippen molar-refractivity contribution in [2.45, 2.75) is 20.1 Å². The maximum atomic E-state index is 11.5. The zero-order valence-corrected chi connectivity index (χ0v) is 16.7. The van der Waals surface area contributed by atoms with Gasteiger partial charge in [0.15, 0.2) is 0 Å². The number of aromatic nitrogens is 3. The van der Waals surface area contributed by atoms with Crippen LogP contribution >= 0.6 is 11.3 Å². The Morgan fingerprint density at radius 1 is 1.43 bits per heavy atom. The van der Waals surface area contributed by atoms with Crippen molar-refractivity contribution in [3.8, 4) is 5.75 Å². The molecule has 1 N–H and O–H groups in total. The van der Waals surface area contributed by atoms with Crippen LogP contribution in [0, 0.1) is 10.1 Å². The first-order chi connectivity index (χ1) is 14.5. The Morgan fingerprint density at radius 3 is 3.07 bits per heavy atom. The molecule has 0 aliphatic heterocycles. The number of nitro groups is 1. The van der Waals surface area contributed by atoms with Crippen LogP contribution in [0.25, 0.3) is 0 Å². The molecule has 0 amide bonds. The van der Waals surface area contributed by atoms with E-state index in [1.807, 2.05) is 6.07 Å². The van der Waals surface area contributed by atoms with E-state index in [1.165, 1.54) is 28.3 Å². The standard InChI is InChI=1S/C18H18N6O5S/c1-2-28-17(25)9-14-11-30-18(20-14)21-19-10-13-4-3-5-15(8-13)29-12-23-7-6-16(22-23)24(26)27/h3-8,10-11H,2,9,12H2,1H3,(H,20,21). The van der Waals surface area contributed by atoms with Crippen molar-refractivity contribution in [3.63, 3.8) is 0 Å². The normalized spacial score (nSPS) is 10.8. The number of ether oxygens (including phenoxy) is 2. The van der Waals surface area contributed by atoms with Crippen molar-refractivity contribution in [2.75, 3.05) is 12.0 Å². The van der Waals surface area contributed by atoms with Crippen LogP contribution in [0.2, 0.25) is 0 Å². The van der Waals surface area contributed by atoms with Gasteiger partial charge in [-0.25, -0.2) is 4.98 Å². The Balaban J connectivity index is 1.52. The Morgan fingerprint density at radius 2 is 2.30 bits per heavy atom. The number of carbonyl (C=O) groups excluding carboxylic acids is 1. The lowest BCUT2D eigenvalue weighted by molar-refractivity contribution is -0.389. The molecule has 30 heavy (non-hydrogen) atoms. The van der Waals surface area contributed by atoms with E-state index in [1.54, 1.807) is 36.7 Å². The summed E-state index contributed by atoms with van der Waals surface area (Å²) >= 11 is 1.33. The number of esters is 1. The van der Waals surface area contributed by atoms with Gasteiger partial charge in [0.25, 0.3) is 0 Å². The molecule has 2 heterocycles. The van der Waals surface area contributed by atoms with E-state index in [4.69, 9.17) is 9.47 Å². The average molecular weight is 430 g/mol. The number of hydrazone groups is 1. The second kappa shape index (κ2) is 10.1. The second-order valence-corrected chi connectivity index (χ2v) is 6.67. The maximum absolute atomic E-state index is 11.5. The highest BCUT2D eigenvalue weighted by molar-refractivity contribution is 7.13. The number of rotatable bonds is 10. The molecule has 0 saturated heterocycles. The minimum absolute atomic E-state index is 0.0368. The van der Waals surface area contributed by atoms with Gasteiger partial charge in [0.05, 0.1) is 42.3 Å². The van der Waals surface area contributed by atoms with Gasteiger partial charge >= 0.3 is 11.8 Å². The fourth-order valence-corrected chi connectivity index (χ4v) is 2.97. The lowest BCUT2D eigenvalue weighted by Gasteiger charge is -2.04. The molecule has 1 aromatic carbocycles. The first-order valence-corrected chi connectivity index (χ1v) is 9.71. The molecule has 3 aromatic rings. The van der Waals surface area contributed by atoms with E-state index < -0.39 is 4.92 Å². The van der Waals surface area contributed by atoms with Crippen LogP contribution in [0.4, 0.5) is 10.9 Å². The van der Waals surface area contributed by atoms with Gasteiger partial charge in [-0.2, -0.15) is 5.10 Å². The van der Waals surface area contributed by atoms with Crippen molar-refractivity contribution < 1.29 is 19.2 Å². The minimum atomic E-state index is -0.567. The van der Waals surface area contributed by atoms with Gasteiger partial charge in [-0.15, -0.1) is 16.0 Å². The predicted octanol–water partition coefficient (Wildman–Crippen LogP) is 2.84. The van der Waals surface area contributed by atoms with Gasteiger partial charge in [0.1, 0.15) is 5.75 Å². The van der Waals surface area contributed by atoms with Gasteiger partial charge in [-0.1, -0.05) is 12.1 Å². The molecule has 156 valence electrons. The Kier molecular flexibility index (Phi) is 7.05. The molecule has 12 heteroatoms. The fraction of sp³-hybridized carbons (Fsp3) is 0.222. The van der Waals surface area contributed by atoms with Crippen LogP contribution in [-0.2, 0) is 22.7 Å². The number of nitrogens with one attached hydrogen (secondary N) is 1. The molecular weight excluding hydrogens is 412 g/mol. The van der Waals surface area contributed by atoms with E-state index in [0.29, 0.717) is 23.2 Å². The summed E-state index contributed by atoms with van der Waals surface area (Å²) in [6.45, 7) is 2.13. The zero-order chi connectivity index (χ0) is 21.3. The van der Waals surface area contributed by atoms with Crippen LogP contribution < -0.4 is 10.2 Å². The summed E-state index contributed by atoms with van der Waals surface area (Å²) in [6.07, 6.45) is 3.18. The van der Waals surface area contributed by atoms with Gasteiger partial charge in [0.2, 0.25) is 11.9 Å². The molecule has 11 nitrogen and oxygen atoms in total. The number of carbonyl (C=O) groups is 1. The van der Waals surface area contributed by atoms with Crippen LogP contribution in [0.15, 0.2) is 47.0 Å². The maximum Gasteiger partial charge on any atom is 0.390 e. The average Bonchev–Trinajstić information content (AvgIpc) is 3.37. The monoisotopic (exact) mass is 430 g/mol. The Hall–Kier alpha value is -3.80. The SMILES string of the molecule is CCOC(=O)Cc1csc(NN=Cc2cccc(OCn3ccc([N+](=O)[O-])n3)c2)n1. The van der Waals surface area contributed by atoms with E-state index in [9.17, 15) is 14.9 Å². The summed E-state index contributed by atoms with van der Waals surface area (Å²) in [4.78, 5) is 25.8. The number of hydrogen-bond acceptors (Lipinski definition) is 10. The van der Waals surface area contributed by atoms with Crippen molar-refractivity contribution in [2.24, 2.45) is 5.10 Å². The summed E-state index contributed by atoms with van der Waals surface area (Å²) in [7, 11) is 0. The molecule has 0 unspecified atom stereocenters. The van der Waals surface area contributed by atoms with Crippen LogP contribution in [0.1, 0.15) is 18.2 Å². The van der Waals surface area contributed by atoms with Crippen LogP contribution in [-0.4, -0.2) is 38.5 Å². The number of anilines is 1. The zero-order valence-electron chi connectivity index (χ0n) is 15.9. The van der Waals surface area contributed by atoms with Crippen molar-refractivity contribution >= 4 is 34.5 Å².